The van der Waals surface area contributed by atoms with Gasteiger partial charge in [0.15, 0.2) is 0 Å². The van der Waals surface area contributed by atoms with Gasteiger partial charge in [0, 0.05) is 28.2 Å². The molecular weight excluding hydrogens is 269 g/mol. The van der Waals surface area contributed by atoms with E-state index < -0.39 is 0 Å². The number of nitrogens with one attached hydrogen (secondary N) is 1. The highest BCUT2D eigenvalue weighted by atomic mass is 35.5. The first-order valence-corrected chi connectivity index (χ1v) is 6.65. The molecule has 1 rings (SSSR count). The van der Waals surface area contributed by atoms with Gasteiger partial charge in [0.05, 0.1) is 0 Å². The van der Waals surface area contributed by atoms with E-state index in [2.05, 4.69) is 26.1 Å². The summed E-state index contributed by atoms with van der Waals surface area (Å²) in [4.78, 5) is 0. The highest BCUT2D eigenvalue weighted by Crippen LogP contribution is 2.23. The third-order valence-electron chi connectivity index (χ3n) is 2.26. The molecule has 1 aromatic rings. The Morgan fingerprint density at radius 3 is 2.67 bits per heavy atom. The van der Waals surface area contributed by atoms with Crippen LogP contribution in [0.5, 0.6) is 5.75 Å². The Morgan fingerprint density at radius 1 is 1.33 bits per heavy atom. The minimum absolute atomic E-state index is 0.0512. The lowest BCUT2D eigenvalue weighted by Crippen LogP contribution is -2.35. The third-order valence-corrected chi connectivity index (χ3v) is 2.67. The van der Waals surface area contributed by atoms with Crippen molar-refractivity contribution in [3.05, 3.63) is 40.4 Å². The molecule has 1 N–H and O–H groups in total. The van der Waals surface area contributed by atoms with E-state index in [1.165, 1.54) is 5.54 Å². The van der Waals surface area contributed by atoms with Gasteiger partial charge in [-0.15, -0.1) is 0 Å². The standard InChI is InChI=1S/C14H19Cl2NO/c1-14(2,3)17-10-11-9-12(16)5-6-13(11)18-8-4-7-15/h4-7,9,17H,8,10H2,1-3H3. The Bertz CT molecular complexity index is 411. The normalized spacial score (nSPS) is 12.1. The van der Waals surface area contributed by atoms with E-state index >= 15 is 0 Å². The van der Waals surface area contributed by atoms with Gasteiger partial charge in [0.2, 0.25) is 0 Å². The molecule has 0 aliphatic heterocycles. The number of benzene rings is 1. The number of rotatable bonds is 5. The molecule has 0 saturated heterocycles. The molecule has 1 aromatic carbocycles. The minimum atomic E-state index is 0.0512. The van der Waals surface area contributed by atoms with E-state index in [9.17, 15) is 0 Å². The summed E-state index contributed by atoms with van der Waals surface area (Å²) in [5, 5.41) is 4.12. The van der Waals surface area contributed by atoms with Crippen molar-refractivity contribution >= 4 is 23.2 Å². The lowest BCUT2D eigenvalue weighted by Gasteiger charge is -2.21. The van der Waals surface area contributed by atoms with Gasteiger partial charge in [0.25, 0.3) is 0 Å². The van der Waals surface area contributed by atoms with Crippen LogP contribution in [0.25, 0.3) is 0 Å². The van der Waals surface area contributed by atoms with Crippen molar-refractivity contribution < 1.29 is 4.74 Å². The van der Waals surface area contributed by atoms with Crippen molar-refractivity contribution in [2.24, 2.45) is 0 Å². The molecule has 18 heavy (non-hydrogen) atoms. The maximum atomic E-state index is 6.01. The molecule has 2 nitrogen and oxygen atoms in total. The predicted octanol–water partition coefficient (Wildman–Crippen LogP) is 4.36. The van der Waals surface area contributed by atoms with Gasteiger partial charge in [0.1, 0.15) is 12.4 Å². The van der Waals surface area contributed by atoms with Gasteiger partial charge in [-0.3, -0.25) is 0 Å². The zero-order valence-electron chi connectivity index (χ0n) is 11.0. The number of halogens is 2. The number of ether oxygens (including phenoxy) is 1. The minimum Gasteiger partial charge on any atom is -0.489 e. The van der Waals surface area contributed by atoms with E-state index in [1.807, 2.05) is 18.2 Å². The van der Waals surface area contributed by atoms with Gasteiger partial charge in [-0.25, -0.2) is 0 Å². The number of hydrogen-bond acceptors (Lipinski definition) is 2. The topological polar surface area (TPSA) is 21.3 Å². The van der Waals surface area contributed by atoms with Gasteiger partial charge in [-0.1, -0.05) is 23.2 Å². The van der Waals surface area contributed by atoms with Crippen LogP contribution in [0.3, 0.4) is 0 Å². The van der Waals surface area contributed by atoms with Gasteiger partial charge >= 0.3 is 0 Å². The number of hydrogen-bond donors (Lipinski definition) is 1. The fraction of sp³-hybridized carbons (Fsp3) is 0.429. The summed E-state index contributed by atoms with van der Waals surface area (Å²) in [6.45, 7) is 7.52. The summed E-state index contributed by atoms with van der Waals surface area (Å²) < 4.78 is 5.63. The molecule has 0 bridgehead atoms. The molecule has 0 aliphatic carbocycles. The van der Waals surface area contributed by atoms with Gasteiger partial charge in [-0.2, -0.15) is 0 Å². The molecule has 0 aliphatic rings. The van der Waals surface area contributed by atoms with Crippen LogP contribution in [-0.2, 0) is 6.54 Å². The molecule has 0 unspecified atom stereocenters. The monoisotopic (exact) mass is 287 g/mol. The molecule has 0 spiro atoms. The Balaban J connectivity index is 2.76. The molecule has 0 amide bonds. The van der Waals surface area contributed by atoms with E-state index in [4.69, 9.17) is 27.9 Å². The van der Waals surface area contributed by atoms with Crippen molar-refractivity contribution in [3.8, 4) is 5.75 Å². The second kappa shape index (κ2) is 7.03. The highest BCUT2D eigenvalue weighted by molar-refractivity contribution is 6.30. The van der Waals surface area contributed by atoms with Crippen LogP contribution < -0.4 is 10.1 Å². The fourth-order valence-electron chi connectivity index (χ4n) is 1.36. The lowest BCUT2D eigenvalue weighted by molar-refractivity contribution is 0.352. The SMILES string of the molecule is CC(C)(C)NCc1cc(Cl)ccc1OCC=CCl. The predicted molar refractivity (Wildman–Crippen MR) is 78.5 cm³/mol. The first-order chi connectivity index (χ1) is 8.42. The lowest BCUT2D eigenvalue weighted by atomic mass is 10.1. The van der Waals surface area contributed by atoms with Crippen LogP contribution in [-0.4, -0.2) is 12.1 Å². The van der Waals surface area contributed by atoms with Crippen LogP contribution in [0.1, 0.15) is 26.3 Å². The molecule has 0 heterocycles. The van der Waals surface area contributed by atoms with Crippen LogP contribution in [0.15, 0.2) is 29.8 Å². The van der Waals surface area contributed by atoms with Crippen molar-refractivity contribution in [3.63, 3.8) is 0 Å². The van der Waals surface area contributed by atoms with E-state index in [1.54, 1.807) is 6.08 Å². The smallest absolute Gasteiger partial charge is 0.124 e. The maximum absolute atomic E-state index is 6.01. The molecule has 0 aromatic heterocycles. The Labute approximate surface area is 119 Å². The van der Waals surface area contributed by atoms with Crippen molar-refractivity contribution in [1.82, 2.24) is 5.32 Å². The van der Waals surface area contributed by atoms with Gasteiger partial charge in [-0.05, 0) is 45.0 Å². The van der Waals surface area contributed by atoms with Crippen LogP contribution >= 0.6 is 23.2 Å². The fourth-order valence-corrected chi connectivity index (χ4v) is 1.63. The van der Waals surface area contributed by atoms with E-state index in [0.29, 0.717) is 18.2 Å². The molecule has 100 valence electrons. The van der Waals surface area contributed by atoms with Crippen LogP contribution in [0.4, 0.5) is 0 Å². The summed E-state index contributed by atoms with van der Waals surface area (Å²) in [5.41, 5.74) is 2.54. The van der Waals surface area contributed by atoms with Gasteiger partial charge < -0.3 is 10.1 Å². The zero-order chi connectivity index (χ0) is 13.6. The first kappa shape index (κ1) is 15.4. The summed E-state index contributed by atoms with van der Waals surface area (Å²) in [7, 11) is 0. The summed E-state index contributed by atoms with van der Waals surface area (Å²) in [5.74, 6) is 0.825. The molecule has 0 saturated carbocycles. The Hall–Kier alpha value is -0.700. The molecule has 4 heteroatoms. The zero-order valence-corrected chi connectivity index (χ0v) is 12.5. The molecule has 0 atom stereocenters. The van der Waals surface area contributed by atoms with Crippen molar-refractivity contribution in [1.29, 1.82) is 0 Å². The molecular formula is C14H19Cl2NO. The second-order valence-electron chi connectivity index (χ2n) is 5.03. The third kappa shape index (κ3) is 5.76. The second-order valence-corrected chi connectivity index (χ2v) is 5.72. The first-order valence-electron chi connectivity index (χ1n) is 5.84. The summed E-state index contributed by atoms with van der Waals surface area (Å²) >= 11 is 11.5. The Kier molecular flexibility index (Phi) is 6.00. The van der Waals surface area contributed by atoms with Crippen LogP contribution in [0, 0.1) is 0 Å². The van der Waals surface area contributed by atoms with Crippen molar-refractivity contribution in [2.45, 2.75) is 32.9 Å². The summed E-state index contributed by atoms with van der Waals surface area (Å²) in [6.07, 6.45) is 1.75. The van der Waals surface area contributed by atoms with E-state index in [-0.39, 0.29) is 5.54 Å². The molecule has 0 fully saturated rings. The average Bonchev–Trinajstić information content (AvgIpc) is 2.28. The largest absolute Gasteiger partial charge is 0.489 e. The molecule has 0 radical (unpaired) electrons. The highest BCUT2D eigenvalue weighted by Gasteiger charge is 2.11. The van der Waals surface area contributed by atoms with Crippen LogP contribution in [0.2, 0.25) is 5.02 Å². The maximum Gasteiger partial charge on any atom is 0.124 e. The summed E-state index contributed by atoms with van der Waals surface area (Å²) in [6, 6.07) is 5.62. The van der Waals surface area contributed by atoms with E-state index in [0.717, 1.165) is 11.3 Å². The Morgan fingerprint density at radius 2 is 2.06 bits per heavy atom. The van der Waals surface area contributed by atoms with Crippen molar-refractivity contribution in [2.75, 3.05) is 6.61 Å². The average molecular weight is 288 g/mol. The quantitative estimate of drug-likeness (QED) is 0.869.